The van der Waals surface area contributed by atoms with Crippen LogP contribution in [0, 0.1) is 5.41 Å². The first kappa shape index (κ1) is 23.8. The van der Waals surface area contributed by atoms with Gasteiger partial charge in [-0.15, -0.1) is 0 Å². The number of piperidine rings is 1. The molecule has 1 spiro atoms. The first-order valence-corrected chi connectivity index (χ1v) is 13.9. The fourth-order valence-corrected chi connectivity index (χ4v) is 8.45. The summed E-state index contributed by atoms with van der Waals surface area (Å²) >= 11 is 0. The molecule has 3 fully saturated rings. The molecule has 186 valence electrons. The van der Waals surface area contributed by atoms with Crippen molar-refractivity contribution in [3.8, 4) is 11.4 Å². The van der Waals surface area contributed by atoms with E-state index < -0.39 is 21.7 Å². The Hall–Kier alpha value is -1.94. The lowest BCUT2D eigenvalue weighted by atomic mass is 9.80. The maximum Gasteiger partial charge on any atom is 0.433 e. The smallest absolute Gasteiger partial charge is 0.300 e. The number of likely N-dealkylation sites (tertiary alicyclic amines) is 1. The van der Waals surface area contributed by atoms with Crippen LogP contribution in [0.25, 0.3) is 11.4 Å². The summed E-state index contributed by atoms with van der Waals surface area (Å²) in [5, 5.41) is 4.65. The Morgan fingerprint density at radius 2 is 1.79 bits per heavy atom. The Morgan fingerprint density at radius 3 is 2.41 bits per heavy atom. The van der Waals surface area contributed by atoms with E-state index in [0.717, 1.165) is 57.0 Å². The Bertz CT molecular complexity index is 1150. The summed E-state index contributed by atoms with van der Waals surface area (Å²) in [6, 6.07) is 6.39. The maximum absolute atomic E-state index is 13.2. The predicted molar refractivity (Wildman–Crippen MR) is 123 cm³/mol. The molecule has 2 saturated heterocycles. The van der Waals surface area contributed by atoms with Crippen molar-refractivity contribution < 1.29 is 21.6 Å². The van der Waals surface area contributed by atoms with Gasteiger partial charge in [-0.3, -0.25) is 4.68 Å². The minimum Gasteiger partial charge on any atom is -0.300 e. The number of alkyl halides is 3. The molecule has 0 bridgehead atoms. The van der Waals surface area contributed by atoms with Crippen LogP contribution in [0.5, 0.6) is 0 Å². The number of aromatic nitrogens is 3. The largest absolute Gasteiger partial charge is 0.433 e. The van der Waals surface area contributed by atoms with E-state index >= 15 is 0 Å². The molecule has 0 amide bonds. The standard InChI is InChI=1S/C24H31F3N4O2S/c1-16(2)31-21(13-20(29-31)19-4-3-5-22(28-19)24(25,26)27)17-6-7-18(12-17)30-10-8-23(9-11-30)14-34(32,33)15-23/h3-5,13,16-18H,6-12,14-15H2,1-2H3/t17-,18+/m1/s1. The molecular formula is C24H31F3N4O2S. The van der Waals surface area contributed by atoms with Crippen molar-refractivity contribution in [1.29, 1.82) is 0 Å². The van der Waals surface area contributed by atoms with E-state index in [-0.39, 0.29) is 17.2 Å². The van der Waals surface area contributed by atoms with Crippen molar-refractivity contribution in [3.63, 3.8) is 0 Å². The Balaban J connectivity index is 1.31. The van der Waals surface area contributed by atoms with E-state index in [4.69, 9.17) is 0 Å². The molecule has 2 aromatic rings. The van der Waals surface area contributed by atoms with E-state index in [1.165, 1.54) is 6.07 Å². The molecule has 34 heavy (non-hydrogen) atoms. The second kappa shape index (κ2) is 8.33. The topological polar surface area (TPSA) is 68.1 Å². The summed E-state index contributed by atoms with van der Waals surface area (Å²) in [6.07, 6.45) is 0.463. The number of hydrogen-bond acceptors (Lipinski definition) is 5. The van der Waals surface area contributed by atoms with Crippen LogP contribution in [0.15, 0.2) is 24.3 Å². The van der Waals surface area contributed by atoms with Crippen LogP contribution in [0.1, 0.15) is 69.3 Å². The first-order chi connectivity index (χ1) is 15.9. The third-order valence-electron chi connectivity index (χ3n) is 7.81. The molecule has 2 aromatic heterocycles. The molecule has 0 N–H and O–H groups in total. The molecule has 5 rings (SSSR count). The maximum atomic E-state index is 13.2. The highest BCUT2D eigenvalue weighted by Gasteiger charge is 2.50. The third-order valence-corrected chi connectivity index (χ3v) is 9.91. The molecule has 0 radical (unpaired) electrons. The SMILES string of the molecule is CC(C)n1nc(-c2cccc(C(F)(F)F)n2)cc1[C@@H]1CC[C@H](N2CCC3(CC2)CS(=O)(=O)C3)C1. The molecule has 2 aliphatic heterocycles. The van der Waals surface area contributed by atoms with Crippen molar-refractivity contribution >= 4 is 9.84 Å². The quantitative estimate of drug-likeness (QED) is 0.614. The normalized spacial score (nSPS) is 26.8. The lowest BCUT2D eigenvalue weighted by Crippen LogP contribution is -2.55. The number of rotatable bonds is 4. The first-order valence-electron chi connectivity index (χ1n) is 12.0. The monoisotopic (exact) mass is 496 g/mol. The summed E-state index contributed by atoms with van der Waals surface area (Å²) < 4.78 is 64.7. The molecule has 4 heterocycles. The molecule has 3 aliphatic rings. The van der Waals surface area contributed by atoms with E-state index in [0.29, 0.717) is 29.2 Å². The van der Waals surface area contributed by atoms with Gasteiger partial charge in [0.1, 0.15) is 11.4 Å². The molecule has 0 aromatic carbocycles. The van der Waals surface area contributed by atoms with Crippen LogP contribution in [0.3, 0.4) is 0 Å². The highest BCUT2D eigenvalue weighted by atomic mass is 32.2. The summed E-state index contributed by atoms with van der Waals surface area (Å²) in [5.41, 5.74) is 0.876. The molecule has 1 saturated carbocycles. The van der Waals surface area contributed by atoms with Gasteiger partial charge in [-0.25, -0.2) is 13.4 Å². The van der Waals surface area contributed by atoms with Crippen molar-refractivity contribution in [1.82, 2.24) is 19.7 Å². The van der Waals surface area contributed by atoms with Crippen LogP contribution in [-0.4, -0.2) is 58.7 Å². The van der Waals surface area contributed by atoms with Gasteiger partial charge in [0.05, 0.1) is 17.2 Å². The zero-order valence-corrected chi connectivity index (χ0v) is 20.4. The van der Waals surface area contributed by atoms with E-state index in [9.17, 15) is 21.6 Å². The van der Waals surface area contributed by atoms with Gasteiger partial charge < -0.3 is 4.90 Å². The molecule has 6 nitrogen and oxygen atoms in total. The van der Waals surface area contributed by atoms with Crippen molar-refractivity contribution in [2.45, 2.75) is 70.1 Å². The third kappa shape index (κ3) is 4.51. The lowest BCUT2D eigenvalue weighted by molar-refractivity contribution is -0.141. The van der Waals surface area contributed by atoms with E-state index in [1.807, 2.05) is 24.6 Å². The molecule has 0 unspecified atom stereocenters. The number of sulfone groups is 1. The van der Waals surface area contributed by atoms with Crippen LogP contribution < -0.4 is 0 Å². The molecule has 2 atom stereocenters. The second-order valence-corrected chi connectivity index (χ2v) is 12.7. The minimum absolute atomic E-state index is 0.0104. The number of hydrogen-bond donors (Lipinski definition) is 0. The van der Waals surface area contributed by atoms with Crippen LogP contribution in [0.4, 0.5) is 13.2 Å². The van der Waals surface area contributed by atoms with Crippen molar-refractivity contribution in [2.24, 2.45) is 5.41 Å². The zero-order valence-electron chi connectivity index (χ0n) is 19.6. The van der Waals surface area contributed by atoms with Crippen LogP contribution in [0.2, 0.25) is 0 Å². The van der Waals surface area contributed by atoms with Crippen LogP contribution in [-0.2, 0) is 16.0 Å². The van der Waals surface area contributed by atoms with Gasteiger partial charge in [-0.05, 0) is 77.2 Å². The van der Waals surface area contributed by atoms with Gasteiger partial charge in [-0.2, -0.15) is 18.3 Å². The molecule has 10 heteroatoms. The summed E-state index contributed by atoms with van der Waals surface area (Å²) in [7, 11) is -2.81. The highest BCUT2D eigenvalue weighted by Crippen LogP contribution is 2.45. The lowest BCUT2D eigenvalue weighted by Gasteiger charge is -2.48. The van der Waals surface area contributed by atoms with Crippen molar-refractivity contribution in [3.05, 3.63) is 35.7 Å². The van der Waals surface area contributed by atoms with Gasteiger partial charge in [0.15, 0.2) is 9.84 Å². The fraction of sp³-hybridized carbons (Fsp3) is 0.667. The summed E-state index contributed by atoms with van der Waals surface area (Å²) in [5.74, 6) is 0.988. The Kier molecular flexibility index (Phi) is 5.82. The van der Waals surface area contributed by atoms with Crippen LogP contribution >= 0.6 is 0 Å². The van der Waals surface area contributed by atoms with Crippen molar-refractivity contribution in [2.75, 3.05) is 24.6 Å². The van der Waals surface area contributed by atoms with Gasteiger partial charge in [0.25, 0.3) is 0 Å². The van der Waals surface area contributed by atoms with E-state index in [1.54, 1.807) is 6.07 Å². The molecule has 1 aliphatic carbocycles. The Morgan fingerprint density at radius 1 is 1.09 bits per heavy atom. The second-order valence-electron chi connectivity index (χ2n) is 10.6. The number of pyridine rings is 1. The van der Waals surface area contributed by atoms with Gasteiger partial charge in [0.2, 0.25) is 0 Å². The Labute approximate surface area is 198 Å². The number of halogens is 3. The zero-order chi connectivity index (χ0) is 24.3. The van der Waals surface area contributed by atoms with E-state index in [2.05, 4.69) is 15.0 Å². The van der Waals surface area contributed by atoms with Gasteiger partial charge >= 0.3 is 6.18 Å². The predicted octanol–water partition coefficient (Wildman–Crippen LogP) is 4.69. The summed E-state index contributed by atoms with van der Waals surface area (Å²) in [4.78, 5) is 6.34. The number of nitrogens with zero attached hydrogens (tertiary/aromatic N) is 4. The average molecular weight is 497 g/mol. The fourth-order valence-electron chi connectivity index (χ4n) is 6.09. The average Bonchev–Trinajstić information content (AvgIpc) is 3.40. The van der Waals surface area contributed by atoms with Gasteiger partial charge in [-0.1, -0.05) is 6.07 Å². The van der Waals surface area contributed by atoms with Gasteiger partial charge in [0, 0.05) is 29.1 Å². The summed E-state index contributed by atoms with van der Waals surface area (Å²) in [6.45, 7) is 5.94. The minimum atomic E-state index is -4.49. The highest BCUT2D eigenvalue weighted by molar-refractivity contribution is 7.92. The molecular weight excluding hydrogens is 465 g/mol.